The van der Waals surface area contributed by atoms with Gasteiger partial charge in [0.1, 0.15) is 30.2 Å². The molecule has 0 radical (unpaired) electrons. The molecule has 0 aliphatic carbocycles. The van der Waals surface area contributed by atoms with Crippen molar-refractivity contribution in [2.45, 2.75) is 18.9 Å². The third kappa shape index (κ3) is 3.96. The Balaban J connectivity index is 1.30. The highest BCUT2D eigenvalue weighted by molar-refractivity contribution is 8.20. The summed E-state index contributed by atoms with van der Waals surface area (Å²) in [6.45, 7) is 1.26. The number of thiol groups is 1. The highest BCUT2D eigenvalue weighted by Crippen LogP contribution is 2.52. The van der Waals surface area contributed by atoms with Crippen LogP contribution in [0.3, 0.4) is 0 Å². The molecular formula is C26H24N4O6S. The molecule has 1 saturated heterocycles. The summed E-state index contributed by atoms with van der Waals surface area (Å²) < 4.78 is 14.2. The van der Waals surface area contributed by atoms with Crippen molar-refractivity contribution in [2.24, 2.45) is 0 Å². The maximum atomic E-state index is 13.2. The highest BCUT2D eigenvalue weighted by atomic mass is 32.2. The number of carbonyl (C=O) groups is 3. The van der Waals surface area contributed by atoms with E-state index < -0.39 is 17.2 Å². The fourth-order valence-corrected chi connectivity index (χ4v) is 7.44. The molecule has 1 amide bonds. The molecule has 2 unspecified atom stereocenters. The topological polar surface area (TPSA) is 123 Å². The van der Waals surface area contributed by atoms with Crippen LogP contribution in [0.25, 0.3) is 16.6 Å². The number of benzene rings is 2. The van der Waals surface area contributed by atoms with Crippen LogP contribution in [0.4, 0.5) is 10.5 Å². The first-order chi connectivity index (χ1) is 17.9. The van der Waals surface area contributed by atoms with Crippen molar-refractivity contribution in [1.82, 2.24) is 13.9 Å². The number of para-hydroxylation sites is 1. The molecule has 4 heterocycles. The summed E-state index contributed by atoms with van der Waals surface area (Å²) >= 11 is -0.825. The minimum absolute atomic E-state index is 0.207. The van der Waals surface area contributed by atoms with Gasteiger partial charge in [0, 0.05) is 23.2 Å². The van der Waals surface area contributed by atoms with Crippen LogP contribution in [0, 0.1) is 0 Å². The zero-order valence-corrected chi connectivity index (χ0v) is 20.8. The maximum absolute atomic E-state index is 13.2. The van der Waals surface area contributed by atoms with Crippen molar-refractivity contribution >= 4 is 51.3 Å². The van der Waals surface area contributed by atoms with Crippen LogP contribution in [0.2, 0.25) is 0 Å². The molecule has 10 nitrogen and oxygen atoms in total. The van der Waals surface area contributed by atoms with Crippen molar-refractivity contribution in [1.29, 1.82) is 0 Å². The van der Waals surface area contributed by atoms with E-state index in [4.69, 9.17) is 9.47 Å². The predicted molar refractivity (Wildman–Crippen MR) is 140 cm³/mol. The number of carbonyl (C=O) groups excluding carboxylic acids is 2. The molecule has 1 aromatic heterocycles. The first-order valence-electron chi connectivity index (χ1n) is 11.8. The van der Waals surface area contributed by atoms with Gasteiger partial charge in [0.15, 0.2) is 0 Å². The van der Waals surface area contributed by atoms with E-state index in [2.05, 4.69) is 25.4 Å². The minimum atomic E-state index is -1.19. The number of hydrogen-bond acceptors (Lipinski definition) is 7. The lowest BCUT2D eigenvalue weighted by Gasteiger charge is -2.29. The summed E-state index contributed by atoms with van der Waals surface area (Å²) in [6.07, 6.45) is 1.74. The van der Waals surface area contributed by atoms with E-state index in [-0.39, 0.29) is 17.9 Å². The minimum Gasteiger partial charge on any atom is -0.488 e. The van der Waals surface area contributed by atoms with Crippen LogP contribution < -0.4 is 10.1 Å². The maximum Gasteiger partial charge on any atom is 0.417 e. The standard InChI is InChI=1S/C26H24N4O6S/c1-35-25(32)21-6-3-9-30(21)37-12-16-11-36-22-8-7-15(10-17(22)18(16)13-37)24(31)28-20-5-2-4-19-23(20)29(14-27-19)26(33)34/h2,4-5,7-8,10,12-14,21,37H,3,6,9,11H2,1H3,(H,28,31)(H,33,34). The van der Waals surface area contributed by atoms with Crippen LogP contribution in [0.5, 0.6) is 5.75 Å². The molecule has 3 aromatic rings. The third-order valence-electron chi connectivity index (χ3n) is 6.83. The van der Waals surface area contributed by atoms with Gasteiger partial charge in [-0.3, -0.25) is 9.59 Å². The summed E-state index contributed by atoms with van der Waals surface area (Å²) in [4.78, 5) is 41.2. The number of methoxy groups -OCH3 is 1. The molecular weight excluding hydrogens is 496 g/mol. The Morgan fingerprint density at radius 2 is 2.08 bits per heavy atom. The molecule has 3 aliphatic heterocycles. The summed E-state index contributed by atoms with van der Waals surface area (Å²) in [6, 6.07) is 10.0. The number of carboxylic acid groups (broad SMARTS) is 1. The molecule has 0 bridgehead atoms. The zero-order chi connectivity index (χ0) is 25.7. The number of anilines is 1. The van der Waals surface area contributed by atoms with E-state index in [0.717, 1.165) is 40.7 Å². The zero-order valence-electron chi connectivity index (χ0n) is 19.9. The Kier molecular flexibility index (Phi) is 5.73. The number of imidazole rings is 1. The Labute approximate surface area is 214 Å². The van der Waals surface area contributed by atoms with E-state index >= 15 is 0 Å². The van der Waals surface area contributed by atoms with Gasteiger partial charge in [-0.25, -0.2) is 18.7 Å². The molecule has 11 heteroatoms. The molecule has 6 rings (SSSR count). The van der Waals surface area contributed by atoms with Gasteiger partial charge in [-0.1, -0.05) is 6.07 Å². The number of esters is 1. The van der Waals surface area contributed by atoms with Gasteiger partial charge in [-0.05, 0) is 59.6 Å². The normalized spacial score (nSPS) is 21.4. The fraction of sp³-hybridized carbons (Fsp3) is 0.231. The van der Waals surface area contributed by atoms with Crippen molar-refractivity contribution in [2.75, 3.05) is 25.6 Å². The summed E-state index contributed by atoms with van der Waals surface area (Å²) in [5.41, 5.74) is 4.41. The van der Waals surface area contributed by atoms with E-state index in [1.807, 2.05) is 0 Å². The summed E-state index contributed by atoms with van der Waals surface area (Å²) in [5, 5.41) is 16.7. The number of rotatable bonds is 4. The lowest BCUT2D eigenvalue weighted by atomic mass is 9.96. The van der Waals surface area contributed by atoms with Gasteiger partial charge < -0.3 is 19.9 Å². The van der Waals surface area contributed by atoms with Gasteiger partial charge in [0.05, 0.1) is 18.3 Å². The second kappa shape index (κ2) is 9.09. The molecule has 3 aliphatic rings. The monoisotopic (exact) mass is 520 g/mol. The van der Waals surface area contributed by atoms with Gasteiger partial charge >= 0.3 is 12.1 Å². The van der Waals surface area contributed by atoms with Gasteiger partial charge in [0.25, 0.3) is 5.91 Å². The number of aromatic nitrogens is 2. The largest absolute Gasteiger partial charge is 0.488 e. The van der Waals surface area contributed by atoms with Crippen LogP contribution in [0.1, 0.15) is 28.8 Å². The number of nitrogens with zero attached hydrogens (tertiary/aromatic N) is 3. The predicted octanol–water partition coefficient (Wildman–Crippen LogP) is 4.00. The van der Waals surface area contributed by atoms with Crippen LogP contribution in [-0.2, 0) is 9.53 Å². The Morgan fingerprint density at radius 1 is 1.22 bits per heavy atom. The first kappa shape index (κ1) is 23.3. The van der Waals surface area contributed by atoms with Crippen molar-refractivity contribution in [3.63, 3.8) is 0 Å². The summed E-state index contributed by atoms with van der Waals surface area (Å²) in [7, 11) is 1.42. The molecule has 2 N–H and O–H groups in total. The number of ether oxygens (including phenoxy) is 2. The fourth-order valence-electron chi connectivity index (χ4n) is 5.06. The number of fused-ring (bicyclic) bond motifs is 4. The van der Waals surface area contributed by atoms with E-state index in [1.165, 1.54) is 13.4 Å². The third-order valence-corrected chi connectivity index (χ3v) is 9.00. The molecule has 37 heavy (non-hydrogen) atoms. The van der Waals surface area contributed by atoms with E-state index in [9.17, 15) is 19.5 Å². The van der Waals surface area contributed by atoms with Gasteiger partial charge in [-0.15, -0.1) is 0 Å². The van der Waals surface area contributed by atoms with Crippen LogP contribution in [0.15, 0.2) is 59.1 Å². The Hall–Kier alpha value is -4.09. The molecule has 2 atom stereocenters. The smallest absolute Gasteiger partial charge is 0.417 e. The van der Waals surface area contributed by atoms with Crippen molar-refractivity contribution < 1.29 is 29.0 Å². The molecule has 0 spiro atoms. The van der Waals surface area contributed by atoms with Gasteiger partial charge in [-0.2, -0.15) is 11.1 Å². The molecule has 1 fully saturated rings. The van der Waals surface area contributed by atoms with Crippen molar-refractivity contribution in [3.05, 3.63) is 70.2 Å². The van der Waals surface area contributed by atoms with Gasteiger partial charge in [0.2, 0.25) is 0 Å². The van der Waals surface area contributed by atoms with E-state index in [0.29, 0.717) is 34.6 Å². The molecule has 190 valence electrons. The average molecular weight is 521 g/mol. The lowest BCUT2D eigenvalue weighted by molar-refractivity contribution is -0.144. The average Bonchev–Trinajstić information content (AvgIpc) is 3.65. The lowest BCUT2D eigenvalue weighted by Crippen LogP contribution is -2.33. The Bertz CT molecular complexity index is 1530. The number of nitrogens with one attached hydrogen (secondary N) is 1. The highest BCUT2D eigenvalue weighted by Gasteiger charge is 2.36. The van der Waals surface area contributed by atoms with Crippen LogP contribution >= 0.6 is 11.1 Å². The van der Waals surface area contributed by atoms with E-state index in [1.54, 1.807) is 36.4 Å². The number of amides is 1. The quantitative estimate of drug-likeness (QED) is 0.349. The van der Waals surface area contributed by atoms with Crippen molar-refractivity contribution in [3.8, 4) is 5.75 Å². The first-order valence-corrected chi connectivity index (χ1v) is 13.2. The second-order valence-electron chi connectivity index (χ2n) is 8.95. The molecule has 2 aromatic carbocycles. The SMILES string of the molecule is COC(=O)C1CCCN1[SH]1C=C2COc3ccc(C(=O)Nc4cccc5ncn(C(=O)O)c45)cc3C2=C1. The molecule has 0 saturated carbocycles. The van der Waals surface area contributed by atoms with Crippen LogP contribution in [-0.4, -0.2) is 63.2 Å². The Morgan fingerprint density at radius 3 is 2.89 bits per heavy atom. The number of hydrogen-bond donors (Lipinski definition) is 3. The second-order valence-corrected chi connectivity index (χ2v) is 10.7. The summed E-state index contributed by atoms with van der Waals surface area (Å²) in [5.74, 6) is 0.103.